The van der Waals surface area contributed by atoms with E-state index in [1.54, 1.807) is 22.7 Å². The summed E-state index contributed by atoms with van der Waals surface area (Å²) < 4.78 is 32.6. The molecule has 230 valence electrons. The van der Waals surface area contributed by atoms with Crippen molar-refractivity contribution in [2.75, 3.05) is 38.0 Å². The summed E-state index contributed by atoms with van der Waals surface area (Å²) in [5, 5.41) is 17.7. The fourth-order valence-electron chi connectivity index (χ4n) is 6.03. The van der Waals surface area contributed by atoms with E-state index in [9.17, 15) is 28.3 Å². The van der Waals surface area contributed by atoms with Crippen molar-refractivity contribution in [1.29, 1.82) is 0 Å². The number of carbonyl (C=O) groups is 3. The Balaban J connectivity index is 1.57. The van der Waals surface area contributed by atoms with E-state index in [2.05, 4.69) is 20.1 Å². The molecule has 42 heavy (non-hydrogen) atoms. The van der Waals surface area contributed by atoms with Gasteiger partial charge in [-0.1, -0.05) is 32.4 Å². The first-order valence-electron chi connectivity index (χ1n) is 14.2. The number of nitrogens with one attached hydrogen (secondary N) is 1. The fourth-order valence-corrected chi connectivity index (χ4v) is 6.19. The first-order valence-corrected chi connectivity index (χ1v) is 14.6. The number of carbonyl (C=O) groups excluding carboxylic acids is 2. The van der Waals surface area contributed by atoms with E-state index in [0.29, 0.717) is 64.8 Å². The van der Waals surface area contributed by atoms with Gasteiger partial charge >= 0.3 is 12.6 Å². The number of halogens is 3. The van der Waals surface area contributed by atoms with E-state index in [1.165, 1.54) is 18.2 Å². The number of likely N-dealkylation sites (tertiary alicyclic amines) is 2. The van der Waals surface area contributed by atoms with Crippen LogP contribution in [-0.2, 0) is 19.9 Å². The second-order valence-electron chi connectivity index (χ2n) is 11.4. The van der Waals surface area contributed by atoms with Gasteiger partial charge in [-0.2, -0.15) is 13.9 Å². The highest BCUT2D eigenvalue weighted by molar-refractivity contribution is 6.30. The van der Waals surface area contributed by atoms with Crippen molar-refractivity contribution < 1.29 is 33.0 Å². The topological polar surface area (TPSA) is 117 Å². The molecule has 2 N–H and O–H groups in total. The van der Waals surface area contributed by atoms with Crippen molar-refractivity contribution in [3.63, 3.8) is 0 Å². The zero-order valence-electron chi connectivity index (χ0n) is 24.1. The second kappa shape index (κ2) is 12.9. The molecule has 2 aromatic rings. The van der Waals surface area contributed by atoms with Crippen molar-refractivity contribution in [3.05, 3.63) is 41.2 Å². The maximum Gasteiger partial charge on any atom is 0.387 e. The molecule has 0 unspecified atom stereocenters. The number of anilines is 1. The predicted octanol–water partition coefficient (Wildman–Crippen LogP) is 4.79. The maximum absolute atomic E-state index is 14.1. The number of aromatic nitrogens is 2. The van der Waals surface area contributed by atoms with Gasteiger partial charge in [-0.05, 0) is 49.8 Å². The predicted molar refractivity (Wildman–Crippen MR) is 153 cm³/mol. The molecule has 0 aliphatic carbocycles. The van der Waals surface area contributed by atoms with Gasteiger partial charge in [0.25, 0.3) is 5.91 Å². The number of rotatable bonds is 10. The number of carboxylic acids is 1. The number of alkyl halides is 2. The molecule has 3 heterocycles. The number of amides is 2. The standard InChI is InChI=1S/C29H38ClF2N5O5/c1-4-24(38)36-15-8-28(9-16-36,26(40)41)18-35-13-10-29(11-14-35,37-22(19(2)3)7-12-33-37)25(39)34-21-6-5-20(30)17-23(21)42-27(31)32/h5-7,12,17,19,27H,4,8-11,13-16,18H2,1-3H3,(H,34,39)(H,40,41). The van der Waals surface area contributed by atoms with E-state index in [1.807, 2.05) is 19.9 Å². The number of ether oxygens (including phenoxy) is 1. The molecule has 13 heteroatoms. The van der Waals surface area contributed by atoms with Crippen LogP contribution >= 0.6 is 11.6 Å². The highest BCUT2D eigenvalue weighted by Gasteiger charge is 2.49. The lowest BCUT2D eigenvalue weighted by molar-refractivity contribution is -0.156. The zero-order chi connectivity index (χ0) is 30.7. The van der Waals surface area contributed by atoms with Gasteiger partial charge in [0.2, 0.25) is 5.91 Å². The van der Waals surface area contributed by atoms with Gasteiger partial charge in [-0.15, -0.1) is 0 Å². The normalized spacial score (nSPS) is 18.7. The molecule has 2 saturated heterocycles. The molecule has 1 aromatic heterocycles. The molecule has 0 saturated carbocycles. The Hall–Kier alpha value is -3.25. The van der Waals surface area contributed by atoms with Crippen molar-refractivity contribution >= 4 is 35.1 Å². The fraction of sp³-hybridized carbons (Fsp3) is 0.586. The van der Waals surface area contributed by atoms with Crippen LogP contribution in [0.25, 0.3) is 0 Å². The van der Waals surface area contributed by atoms with Crippen LogP contribution in [0.15, 0.2) is 30.5 Å². The number of aliphatic carboxylic acids is 1. The molecular formula is C29H38ClF2N5O5. The molecule has 0 spiro atoms. The Bertz CT molecular complexity index is 1290. The average molecular weight is 610 g/mol. The van der Waals surface area contributed by atoms with E-state index in [-0.39, 0.29) is 28.3 Å². The summed E-state index contributed by atoms with van der Waals surface area (Å²) in [6.45, 7) is 4.60. The minimum Gasteiger partial charge on any atom is -0.481 e. The van der Waals surface area contributed by atoms with Crippen LogP contribution in [0.1, 0.15) is 64.5 Å². The average Bonchev–Trinajstić information content (AvgIpc) is 3.46. The molecule has 2 aliphatic heterocycles. The van der Waals surface area contributed by atoms with Gasteiger partial charge in [0, 0.05) is 62.1 Å². The van der Waals surface area contributed by atoms with Gasteiger partial charge in [0.15, 0.2) is 5.75 Å². The molecule has 4 rings (SSSR count). The number of nitrogens with zero attached hydrogens (tertiary/aromatic N) is 4. The summed E-state index contributed by atoms with van der Waals surface area (Å²) in [6.07, 6.45) is 3.36. The van der Waals surface area contributed by atoms with Crippen LogP contribution in [0.5, 0.6) is 5.75 Å². The van der Waals surface area contributed by atoms with Gasteiger partial charge in [-0.25, -0.2) is 0 Å². The largest absolute Gasteiger partial charge is 0.481 e. The quantitative estimate of drug-likeness (QED) is 0.398. The summed E-state index contributed by atoms with van der Waals surface area (Å²) in [6, 6.07) is 5.96. The third-order valence-corrected chi connectivity index (χ3v) is 8.77. The Morgan fingerprint density at radius 3 is 2.33 bits per heavy atom. The molecule has 10 nitrogen and oxygen atoms in total. The van der Waals surface area contributed by atoms with E-state index < -0.39 is 29.4 Å². The van der Waals surface area contributed by atoms with Gasteiger partial charge in [0.1, 0.15) is 5.54 Å². The van der Waals surface area contributed by atoms with Crippen molar-refractivity contribution in [2.24, 2.45) is 5.41 Å². The van der Waals surface area contributed by atoms with Crippen LogP contribution in [0.4, 0.5) is 14.5 Å². The van der Waals surface area contributed by atoms with E-state index in [0.717, 1.165) is 5.69 Å². The Kier molecular flexibility index (Phi) is 9.77. The number of carboxylic acid groups (broad SMARTS) is 1. The lowest BCUT2D eigenvalue weighted by Gasteiger charge is -2.46. The van der Waals surface area contributed by atoms with Crippen LogP contribution in [0, 0.1) is 5.41 Å². The number of piperidine rings is 2. The molecule has 0 radical (unpaired) electrons. The molecular weight excluding hydrogens is 572 g/mol. The minimum absolute atomic E-state index is 0.0192. The van der Waals surface area contributed by atoms with Gasteiger partial charge in [0.05, 0.1) is 11.1 Å². The van der Waals surface area contributed by atoms with Crippen molar-refractivity contribution in [1.82, 2.24) is 19.6 Å². The van der Waals surface area contributed by atoms with Crippen molar-refractivity contribution in [2.45, 2.75) is 70.9 Å². The van der Waals surface area contributed by atoms with Crippen LogP contribution in [0.2, 0.25) is 5.02 Å². The maximum atomic E-state index is 14.1. The summed E-state index contributed by atoms with van der Waals surface area (Å²) in [7, 11) is 0. The number of benzene rings is 1. The van der Waals surface area contributed by atoms with Crippen LogP contribution < -0.4 is 10.1 Å². The van der Waals surface area contributed by atoms with E-state index >= 15 is 0 Å². The molecule has 2 aliphatic rings. The van der Waals surface area contributed by atoms with Crippen LogP contribution in [-0.4, -0.2) is 81.8 Å². The van der Waals surface area contributed by atoms with Crippen molar-refractivity contribution in [3.8, 4) is 5.75 Å². The summed E-state index contributed by atoms with van der Waals surface area (Å²) in [4.78, 5) is 42.5. The zero-order valence-corrected chi connectivity index (χ0v) is 24.9. The summed E-state index contributed by atoms with van der Waals surface area (Å²) in [5.41, 5.74) is -1.25. The van der Waals surface area contributed by atoms with Gasteiger partial charge < -0.3 is 25.0 Å². The lowest BCUT2D eigenvalue weighted by atomic mass is 9.76. The lowest BCUT2D eigenvalue weighted by Crippen LogP contribution is -2.57. The Labute approximate surface area is 248 Å². The third-order valence-electron chi connectivity index (χ3n) is 8.54. The number of hydrogen-bond donors (Lipinski definition) is 2. The Morgan fingerprint density at radius 1 is 1.10 bits per heavy atom. The summed E-state index contributed by atoms with van der Waals surface area (Å²) in [5.74, 6) is -1.50. The van der Waals surface area contributed by atoms with E-state index in [4.69, 9.17) is 11.6 Å². The molecule has 2 amide bonds. The smallest absolute Gasteiger partial charge is 0.387 e. The van der Waals surface area contributed by atoms with Gasteiger partial charge in [-0.3, -0.25) is 19.1 Å². The first-order chi connectivity index (χ1) is 19.9. The highest BCUT2D eigenvalue weighted by Crippen LogP contribution is 2.39. The molecule has 0 bridgehead atoms. The highest BCUT2D eigenvalue weighted by atomic mass is 35.5. The second-order valence-corrected chi connectivity index (χ2v) is 11.9. The Morgan fingerprint density at radius 2 is 1.76 bits per heavy atom. The minimum atomic E-state index is -3.11. The number of hydrogen-bond acceptors (Lipinski definition) is 6. The SMILES string of the molecule is CCC(=O)N1CCC(CN2CCC(C(=O)Nc3ccc(Cl)cc3OC(F)F)(n3nccc3C(C)C)CC2)(C(=O)O)CC1. The first kappa shape index (κ1) is 31.7. The monoisotopic (exact) mass is 609 g/mol. The third kappa shape index (κ3) is 6.54. The molecule has 1 aromatic carbocycles. The molecule has 2 fully saturated rings. The summed E-state index contributed by atoms with van der Waals surface area (Å²) >= 11 is 5.99. The van der Waals surface area contributed by atoms with Crippen LogP contribution in [0.3, 0.4) is 0 Å². The molecule has 0 atom stereocenters.